The van der Waals surface area contributed by atoms with E-state index >= 15 is 0 Å². The second-order valence-electron chi connectivity index (χ2n) is 5.58. The number of nitrogen functional groups attached to an aromatic ring is 2. The summed E-state index contributed by atoms with van der Waals surface area (Å²) in [5.41, 5.74) is 13.7. The van der Waals surface area contributed by atoms with E-state index in [9.17, 15) is 13.2 Å². The Bertz CT molecular complexity index is 973. The first kappa shape index (κ1) is 21.6. The monoisotopic (exact) mass is 412 g/mol. The number of rotatable bonds is 3. The fraction of sp³-hybridized carbons (Fsp3) is 0.235. The van der Waals surface area contributed by atoms with Gasteiger partial charge in [0, 0.05) is 17.5 Å². The summed E-state index contributed by atoms with van der Waals surface area (Å²) < 4.78 is 43.0. The number of anilines is 2. The molecule has 0 fully saturated rings. The van der Waals surface area contributed by atoms with E-state index in [1.807, 2.05) is 18.2 Å². The van der Waals surface area contributed by atoms with Gasteiger partial charge in [-0.25, -0.2) is 4.79 Å². The van der Waals surface area contributed by atoms with Crippen LogP contribution < -0.4 is 20.9 Å². The Morgan fingerprint density at radius 1 is 1.38 bits per heavy atom. The number of carboxylic acid groups (broad SMARTS) is 1. The maximum Gasteiger partial charge on any atom is 0.490 e. The second-order valence-corrected chi connectivity index (χ2v) is 5.58. The largest absolute Gasteiger partial charge is 0.490 e. The van der Waals surface area contributed by atoms with Crippen molar-refractivity contribution < 1.29 is 37.7 Å². The van der Waals surface area contributed by atoms with Crippen molar-refractivity contribution in [2.24, 2.45) is 0 Å². The highest BCUT2D eigenvalue weighted by Crippen LogP contribution is 2.44. The highest BCUT2D eigenvalue weighted by Gasteiger charge is 2.38. The third kappa shape index (κ3) is 4.77. The lowest BCUT2D eigenvalue weighted by atomic mass is 9.99. The van der Waals surface area contributed by atoms with Crippen LogP contribution in [0.5, 0.6) is 17.4 Å². The Kier molecular flexibility index (Phi) is 6.35. The summed E-state index contributed by atoms with van der Waals surface area (Å²) in [5, 5.41) is 25.1. The van der Waals surface area contributed by atoms with Gasteiger partial charge in [-0.1, -0.05) is 12.1 Å². The Hall–Kier alpha value is -3.72. The molecule has 0 bridgehead atoms. The summed E-state index contributed by atoms with van der Waals surface area (Å²) in [6, 6.07) is 7.41. The molecule has 2 heterocycles. The molecule has 154 valence electrons. The van der Waals surface area contributed by atoms with Gasteiger partial charge in [-0.15, -0.1) is 0 Å². The molecule has 9 nitrogen and oxygen atoms in total. The van der Waals surface area contributed by atoms with Crippen LogP contribution in [0, 0.1) is 11.3 Å². The first-order chi connectivity index (χ1) is 13.6. The molecule has 1 aromatic heterocycles. The number of aliphatic hydroxyl groups excluding tert-OH is 1. The van der Waals surface area contributed by atoms with Crippen LogP contribution in [0.1, 0.15) is 16.7 Å². The zero-order valence-corrected chi connectivity index (χ0v) is 14.7. The van der Waals surface area contributed by atoms with Crippen LogP contribution >= 0.6 is 0 Å². The summed E-state index contributed by atoms with van der Waals surface area (Å²) >= 11 is 0. The van der Waals surface area contributed by atoms with Gasteiger partial charge in [0.05, 0.1) is 12.3 Å². The van der Waals surface area contributed by atoms with Crippen molar-refractivity contribution in [2.75, 3.05) is 24.7 Å². The van der Waals surface area contributed by atoms with Crippen molar-refractivity contribution in [1.82, 2.24) is 4.98 Å². The van der Waals surface area contributed by atoms with Gasteiger partial charge in [-0.05, 0) is 6.07 Å². The molecule has 2 aromatic rings. The summed E-state index contributed by atoms with van der Waals surface area (Å²) in [5.74, 6) is -1.40. The molecule has 1 aliphatic heterocycles. The van der Waals surface area contributed by atoms with Crippen molar-refractivity contribution in [2.45, 2.75) is 12.6 Å². The molecule has 0 radical (unpaired) electrons. The quantitative estimate of drug-likeness (QED) is 0.502. The van der Waals surface area contributed by atoms with E-state index in [4.69, 9.17) is 41.2 Å². The number of nitrogens with zero attached hydrogens (tertiary/aromatic N) is 2. The number of nitrogens with two attached hydrogens (primary N) is 2. The number of benzene rings is 1. The summed E-state index contributed by atoms with van der Waals surface area (Å²) in [6.07, 6.45) is -4.62. The molecule has 0 saturated heterocycles. The number of fused-ring (bicyclic) bond motifs is 2. The number of alkyl halides is 3. The van der Waals surface area contributed by atoms with Gasteiger partial charge in [-0.3, -0.25) is 0 Å². The highest BCUT2D eigenvalue weighted by atomic mass is 19.4. The van der Waals surface area contributed by atoms with E-state index in [0.29, 0.717) is 23.5 Å². The molecule has 12 heteroatoms. The number of carbonyl (C=O) groups is 1. The minimum absolute atomic E-state index is 0.0379. The van der Waals surface area contributed by atoms with Crippen molar-refractivity contribution in [3.63, 3.8) is 0 Å². The topological polar surface area (TPSA) is 165 Å². The zero-order valence-electron chi connectivity index (χ0n) is 14.7. The number of aromatic nitrogens is 1. The van der Waals surface area contributed by atoms with E-state index < -0.39 is 12.1 Å². The number of nitriles is 1. The van der Waals surface area contributed by atoms with Crippen LogP contribution in [0.2, 0.25) is 0 Å². The van der Waals surface area contributed by atoms with Crippen molar-refractivity contribution in [1.29, 1.82) is 5.26 Å². The molecule has 0 unspecified atom stereocenters. The smallest absolute Gasteiger partial charge is 0.487 e. The molecule has 29 heavy (non-hydrogen) atoms. The summed E-state index contributed by atoms with van der Waals surface area (Å²) in [4.78, 5) is 13.0. The van der Waals surface area contributed by atoms with Crippen LogP contribution in [0.4, 0.5) is 24.7 Å². The third-order valence-electron chi connectivity index (χ3n) is 3.66. The van der Waals surface area contributed by atoms with Gasteiger partial charge in [0.1, 0.15) is 24.1 Å². The number of para-hydroxylation sites is 1. The molecule has 0 atom stereocenters. The van der Waals surface area contributed by atoms with E-state index in [-0.39, 0.29) is 36.2 Å². The molecular formula is C17H15F3N4O5. The minimum atomic E-state index is -5.08. The predicted molar refractivity (Wildman–Crippen MR) is 93.4 cm³/mol. The first-order valence-electron chi connectivity index (χ1n) is 7.91. The first-order valence-corrected chi connectivity index (χ1v) is 7.91. The number of halogens is 3. The standard InChI is InChI=1S/C15H14N4O3.C2HF3O2/c16-7-10-12(17)9-6-8-2-1-3-11(21-5-4-20)13(8)22-15(9)19-14(10)18;3-2(4,5)1(6)7/h1-3,20H,4-6H2,(H4,17,18,19);(H,6,7). The molecule has 0 aliphatic carbocycles. The van der Waals surface area contributed by atoms with Gasteiger partial charge < -0.3 is 31.2 Å². The van der Waals surface area contributed by atoms with E-state index in [0.717, 1.165) is 5.56 Å². The molecule has 0 saturated carbocycles. The molecule has 1 aromatic carbocycles. The van der Waals surface area contributed by atoms with Crippen molar-refractivity contribution >= 4 is 17.5 Å². The molecule has 0 spiro atoms. The maximum absolute atomic E-state index is 10.6. The van der Waals surface area contributed by atoms with E-state index in [2.05, 4.69) is 4.98 Å². The zero-order chi connectivity index (χ0) is 21.8. The summed E-state index contributed by atoms with van der Waals surface area (Å²) in [6.45, 7) is 0.0711. The minimum Gasteiger partial charge on any atom is -0.487 e. The van der Waals surface area contributed by atoms with Crippen LogP contribution in [0.15, 0.2) is 18.2 Å². The molecular weight excluding hydrogens is 397 g/mol. The number of aliphatic carboxylic acids is 1. The van der Waals surface area contributed by atoms with Crippen molar-refractivity contribution in [3.05, 3.63) is 34.9 Å². The fourth-order valence-corrected chi connectivity index (χ4v) is 2.38. The average Bonchev–Trinajstić information content (AvgIpc) is 2.65. The maximum atomic E-state index is 10.6. The lowest BCUT2D eigenvalue weighted by Crippen LogP contribution is -2.21. The lowest BCUT2D eigenvalue weighted by molar-refractivity contribution is -0.192. The number of hydrogen-bond acceptors (Lipinski definition) is 8. The highest BCUT2D eigenvalue weighted by molar-refractivity contribution is 5.73. The van der Waals surface area contributed by atoms with Crippen LogP contribution in [0.25, 0.3) is 0 Å². The molecule has 1 aliphatic rings. The third-order valence-corrected chi connectivity index (χ3v) is 3.66. The summed E-state index contributed by atoms with van der Waals surface area (Å²) in [7, 11) is 0. The Labute approximate surface area is 161 Å². The Morgan fingerprint density at radius 2 is 2.03 bits per heavy atom. The lowest BCUT2D eigenvalue weighted by Gasteiger charge is -2.23. The predicted octanol–water partition coefficient (Wildman–Crippen LogP) is 1.82. The number of carboxylic acids is 1. The van der Waals surface area contributed by atoms with Crippen LogP contribution in [-0.4, -0.2) is 40.6 Å². The Morgan fingerprint density at radius 3 is 2.59 bits per heavy atom. The van der Waals surface area contributed by atoms with E-state index in [1.54, 1.807) is 6.07 Å². The van der Waals surface area contributed by atoms with Crippen LogP contribution in [0.3, 0.4) is 0 Å². The van der Waals surface area contributed by atoms with E-state index in [1.165, 1.54) is 0 Å². The fourth-order valence-electron chi connectivity index (χ4n) is 2.38. The number of hydrogen-bond donors (Lipinski definition) is 4. The molecule has 3 rings (SSSR count). The Balaban J connectivity index is 0.000000370. The van der Waals surface area contributed by atoms with Crippen molar-refractivity contribution in [3.8, 4) is 23.4 Å². The van der Waals surface area contributed by atoms with Gasteiger partial charge in [0.25, 0.3) is 0 Å². The number of pyridine rings is 1. The van der Waals surface area contributed by atoms with Gasteiger partial charge in [-0.2, -0.15) is 23.4 Å². The molecule has 6 N–H and O–H groups in total. The average molecular weight is 412 g/mol. The SMILES string of the molecule is N#Cc1c(N)nc2c(c1N)Cc1cccc(OCCO)c1O2.O=C(O)C(F)(F)F. The second kappa shape index (κ2) is 8.53. The number of ether oxygens (including phenoxy) is 2. The van der Waals surface area contributed by atoms with Gasteiger partial charge >= 0.3 is 12.1 Å². The van der Waals surface area contributed by atoms with Gasteiger partial charge in [0.2, 0.25) is 5.88 Å². The molecule has 0 amide bonds. The normalized spacial score (nSPS) is 11.7. The van der Waals surface area contributed by atoms with Gasteiger partial charge in [0.15, 0.2) is 11.5 Å². The number of aliphatic hydroxyl groups is 1. The van der Waals surface area contributed by atoms with Crippen LogP contribution in [-0.2, 0) is 11.2 Å².